The van der Waals surface area contributed by atoms with Crippen LogP contribution >= 0.6 is 11.6 Å². The number of halogens is 1. The topological polar surface area (TPSA) is 78.8 Å². The van der Waals surface area contributed by atoms with E-state index in [9.17, 15) is 9.90 Å². The van der Waals surface area contributed by atoms with Gasteiger partial charge in [-0.3, -0.25) is 4.79 Å². The van der Waals surface area contributed by atoms with E-state index >= 15 is 0 Å². The van der Waals surface area contributed by atoms with Gasteiger partial charge in [0.2, 0.25) is 0 Å². The van der Waals surface area contributed by atoms with Crippen molar-refractivity contribution in [3.8, 4) is 5.75 Å². The van der Waals surface area contributed by atoms with E-state index in [1.807, 2.05) is 0 Å². The van der Waals surface area contributed by atoms with E-state index in [4.69, 9.17) is 21.4 Å². The summed E-state index contributed by atoms with van der Waals surface area (Å²) in [4.78, 5) is 11.4. The first-order valence-electron chi connectivity index (χ1n) is 5.41. The maximum Gasteiger partial charge on any atom is 0.258 e. The maximum atomic E-state index is 11.4. The summed E-state index contributed by atoms with van der Waals surface area (Å²) in [5, 5.41) is 21.3. The number of aliphatic hydroxyl groups is 2. The third-order valence-electron chi connectivity index (χ3n) is 2.19. The minimum Gasteiger partial charge on any atom is -0.484 e. The van der Waals surface area contributed by atoms with Crippen LogP contribution in [0.2, 0.25) is 5.02 Å². The summed E-state index contributed by atoms with van der Waals surface area (Å²) in [6.07, 6.45) is 0. The number of hydrogen-bond donors (Lipinski definition) is 3. The molecule has 0 heterocycles. The van der Waals surface area contributed by atoms with Gasteiger partial charge in [-0.2, -0.15) is 0 Å². The Bertz CT molecular complexity index is 392. The van der Waals surface area contributed by atoms with Crippen molar-refractivity contribution in [3.63, 3.8) is 0 Å². The number of rotatable bonds is 6. The molecule has 1 rings (SSSR count). The van der Waals surface area contributed by atoms with E-state index in [1.165, 1.54) is 6.92 Å². The van der Waals surface area contributed by atoms with Crippen molar-refractivity contribution in [2.45, 2.75) is 12.5 Å². The maximum absolute atomic E-state index is 11.4. The number of nitrogens with one attached hydrogen (secondary N) is 1. The van der Waals surface area contributed by atoms with E-state index in [0.29, 0.717) is 10.8 Å². The van der Waals surface area contributed by atoms with Crippen LogP contribution in [0.3, 0.4) is 0 Å². The summed E-state index contributed by atoms with van der Waals surface area (Å²) in [6, 6.07) is 6.62. The van der Waals surface area contributed by atoms with Gasteiger partial charge in [-0.05, 0) is 31.2 Å². The van der Waals surface area contributed by atoms with Crippen molar-refractivity contribution >= 4 is 17.5 Å². The molecule has 1 atom stereocenters. The molecule has 1 unspecified atom stereocenters. The van der Waals surface area contributed by atoms with Gasteiger partial charge in [0, 0.05) is 11.6 Å². The second-order valence-electron chi connectivity index (χ2n) is 4.17. The Morgan fingerprint density at radius 1 is 1.44 bits per heavy atom. The fraction of sp³-hybridized carbons (Fsp3) is 0.417. The lowest BCUT2D eigenvalue weighted by molar-refractivity contribution is -0.124. The van der Waals surface area contributed by atoms with Crippen LogP contribution in [0.15, 0.2) is 24.3 Å². The standard InChI is InChI=1S/C12H16ClNO4/c1-12(17,8-15)7-14-11(16)6-18-10-4-2-9(13)3-5-10/h2-5,15,17H,6-8H2,1H3,(H,14,16). The van der Waals surface area contributed by atoms with Crippen LogP contribution in [0.5, 0.6) is 5.75 Å². The van der Waals surface area contributed by atoms with Crippen molar-refractivity contribution < 1.29 is 19.7 Å². The van der Waals surface area contributed by atoms with E-state index in [0.717, 1.165) is 0 Å². The lowest BCUT2D eigenvalue weighted by Gasteiger charge is -2.20. The molecular formula is C12H16ClNO4. The molecule has 0 bridgehead atoms. The minimum atomic E-state index is -1.32. The SMILES string of the molecule is CC(O)(CO)CNC(=O)COc1ccc(Cl)cc1. The summed E-state index contributed by atoms with van der Waals surface area (Å²) < 4.78 is 5.21. The van der Waals surface area contributed by atoms with Gasteiger partial charge in [-0.15, -0.1) is 0 Å². The molecule has 1 aromatic carbocycles. The molecule has 100 valence electrons. The first-order chi connectivity index (χ1) is 8.43. The molecule has 0 aliphatic heterocycles. The van der Waals surface area contributed by atoms with Gasteiger partial charge >= 0.3 is 0 Å². The highest BCUT2D eigenvalue weighted by Crippen LogP contribution is 2.15. The number of amides is 1. The van der Waals surface area contributed by atoms with Crippen LogP contribution in [0.25, 0.3) is 0 Å². The highest BCUT2D eigenvalue weighted by Gasteiger charge is 2.19. The van der Waals surface area contributed by atoms with Gasteiger partial charge in [0.15, 0.2) is 6.61 Å². The molecule has 18 heavy (non-hydrogen) atoms. The lowest BCUT2D eigenvalue weighted by Crippen LogP contribution is -2.44. The fourth-order valence-electron chi connectivity index (χ4n) is 1.08. The Balaban J connectivity index is 2.31. The number of hydrogen-bond acceptors (Lipinski definition) is 4. The predicted octanol–water partition coefficient (Wildman–Crippen LogP) is 0.578. The van der Waals surface area contributed by atoms with Crippen LogP contribution in [0.4, 0.5) is 0 Å². The quantitative estimate of drug-likeness (QED) is 0.708. The fourth-order valence-corrected chi connectivity index (χ4v) is 1.20. The van der Waals surface area contributed by atoms with Gasteiger partial charge in [0.25, 0.3) is 5.91 Å². The summed E-state index contributed by atoms with van der Waals surface area (Å²) in [5.41, 5.74) is -1.32. The molecule has 0 spiro atoms. The summed E-state index contributed by atoms with van der Waals surface area (Å²) >= 11 is 5.70. The Labute approximate surface area is 110 Å². The molecular weight excluding hydrogens is 258 g/mol. The molecule has 0 fully saturated rings. The van der Waals surface area contributed by atoms with Crippen molar-refractivity contribution in [1.29, 1.82) is 0 Å². The van der Waals surface area contributed by atoms with Crippen LogP contribution < -0.4 is 10.1 Å². The molecule has 0 saturated carbocycles. The van der Waals surface area contributed by atoms with E-state index in [1.54, 1.807) is 24.3 Å². The Kier molecular flexibility index (Phi) is 5.40. The highest BCUT2D eigenvalue weighted by molar-refractivity contribution is 6.30. The highest BCUT2D eigenvalue weighted by atomic mass is 35.5. The summed E-state index contributed by atoms with van der Waals surface area (Å²) in [5.74, 6) is 0.155. The average Bonchev–Trinajstić information content (AvgIpc) is 2.36. The minimum absolute atomic E-state index is 0.0354. The first-order valence-corrected chi connectivity index (χ1v) is 5.79. The molecule has 0 aliphatic rings. The van der Waals surface area contributed by atoms with Crippen LogP contribution in [-0.4, -0.2) is 41.5 Å². The molecule has 0 saturated heterocycles. The smallest absolute Gasteiger partial charge is 0.258 e. The number of ether oxygens (including phenoxy) is 1. The molecule has 3 N–H and O–H groups in total. The van der Waals surface area contributed by atoms with Gasteiger partial charge in [0.05, 0.1) is 6.61 Å². The molecule has 1 aromatic rings. The molecule has 5 nitrogen and oxygen atoms in total. The van der Waals surface area contributed by atoms with Crippen LogP contribution in [0.1, 0.15) is 6.92 Å². The van der Waals surface area contributed by atoms with Crippen molar-refractivity contribution in [3.05, 3.63) is 29.3 Å². The van der Waals surface area contributed by atoms with E-state index < -0.39 is 12.2 Å². The van der Waals surface area contributed by atoms with Crippen molar-refractivity contribution in [1.82, 2.24) is 5.32 Å². The number of carbonyl (C=O) groups excluding carboxylic acids is 1. The zero-order chi connectivity index (χ0) is 13.6. The van der Waals surface area contributed by atoms with Gasteiger partial charge < -0.3 is 20.3 Å². The molecule has 0 aromatic heterocycles. The number of carbonyl (C=O) groups is 1. The molecule has 0 radical (unpaired) electrons. The van der Waals surface area contributed by atoms with E-state index in [-0.39, 0.29) is 19.1 Å². The molecule has 1 amide bonds. The average molecular weight is 274 g/mol. The van der Waals surface area contributed by atoms with Gasteiger partial charge in [0.1, 0.15) is 11.4 Å². The Morgan fingerprint density at radius 2 is 2.06 bits per heavy atom. The van der Waals surface area contributed by atoms with Crippen molar-refractivity contribution in [2.75, 3.05) is 19.8 Å². The van der Waals surface area contributed by atoms with Crippen molar-refractivity contribution in [2.24, 2.45) is 0 Å². The second-order valence-corrected chi connectivity index (χ2v) is 4.61. The largest absolute Gasteiger partial charge is 0.484 e. The predicted molar refractivity (Wildman–Crippen MR) is 67.7 cm³/mol. The zero-order valence-electron chi connectivity index (χ0n) is 10.0. The van der Waals surface area contributed by atoms with E-state index in [2.05, 4.69) is 5.32 Å². The number of aliphatic hydroxyl groups excluding tert-OH is 1. The Hall–Kier alpha value is -1.30. The normalized spacial score (nSPS) is 13.8. The third-order valence-corrected chi connectivity index (χ3v) is 2.44. The second kappa shape index (κ2) is 6.58. The van der Waals surface area contributed by atoms with Gasteiger partial charge in [-0.1, -0.05) is 11.6 Å². The van der Waals surface area contributed by atoms with Crippen LogP contribution in [-0.2, 0) is 4.79 Å². The Morgan fingerprint density at radius 3 is 2.61 bits per heavy atom. The lowest BCUT2D eigenvalue weighted by atomic mass is 10.1. The molecule has 0 aliphatic carbocycles. The van der Waals surface area contributed by atoms with Crippen LogP contribution in [0, 0.1) is 0 Å². The first kappa shape index (κ1) is 14.8. The monoisotopic (exact) mass is 273 g/mol. The van der Waals surface area contributed by atoms with Gasteiger partial charge in [-0.25, -0.2) is 0 Å². The number of benzene rings is 1. The third kappa shape index (κ3) is 5.35. The molecule has 6 heteroatoms. The zero-order valence-corrected chi connectivity index (χ0v) is 10.8. The summed E-state index contributed by atoms with van der Waals surface area (Å²) in [7, 11) is 0. The summed E-state index contributed by atoms with van der Waals surface area (Å²) in [6.45, 7) is 0.800.